The van der Waals surface area contributed by atoms with Gasteiger partial charge in [-0.1, -0.05) is 36.4 Å². The zero-order valence-corrected chi connectivity index (χ0v) is 12.2. The number of nitrogens with zero attached hydrogens (tertiary/aromatic N) is 1. The van der Waals surface area contributed by atoms with Crippen LogP contribution in [0.2, 0.25) is 0 Å². The Bertz CT molecular complexity index is 690. The Morgan fingerprint density at radius 3 is 2.64 bits per heavy atom. The quantitative estimate of drug-likeness (QED) is 0.800. The molecule has 111 valence electrons. The molecule has 0 saturated heterocycles. The summed E-state index contributed by atoms with van der Waals surface area (Å²) < 4.78 is 32.5. The summed E-state index contributed by atoms with van der Waals surface area (Å²) in [5.41, 5.74) is 2.12. The Hall–Kier alpha value is -1.98. The lowest BCUT2D eigenvalue weighted by molar-refractivity contribution is 0.340. The maximum Gasteiger partial charge on any atom is 0.399 e. The predicted molar refractivity (Wildman–Crippen MR) is 83.0 cm³/mol. The second kappa shape index (κ2) is 6.42. The molecule has 2 aromatic carbocycles. The third-order valence-electron chi connectivity index (χ3n) is 3.73. The molecule has 0 aromatic heterocycles. The Labute approximate surface area is 129 Å². The van der Waals surface area contributed by atoms with Gasteiger partial charge in [-0.15, -0.1) is 0 Å². The van der Waals surface area contributed by atoms with Crippen LogP contribution in [0.25, 0.3) is 5.57 Å². The third kappa shape index (κ3) is 2.96. The van der Waals surface area contributed by atoms with Crippen LogP contribution in [0.5, 0.6) is 0 Å². The first kappa shape index (κ1) is 14.9. The van der Waals surface area contributed by atoms with E-state index in [4.69, 9.17) is 4.65 Å². The van der Waals surface area contributed by atoms with E-state index in [9.17, 15) is 8.78 Å². The highest BCUT2D eigenvalue weighted by Gasteiger charge is 2.28. The Balaban J connectivity index is 1.97. The maximum atomic E-state index is 14.0. The van der Waals surface area contributed by atoms with Crippen LogP contribution < -0.4 is 0 Å². The molecule has 1 heterocycles. The molecule has 22 heavy (non-hydrogen) atoms. The van der Waals surface area contributed by atoms with Crippen LogP contribution in [0.3, 0.4) is 0 Å². The van der Waals surface area contributed by atoms with Crippen molar-refractivity contribution in [3.8, 4) is 0 Å². The second-order valence-corrected chi connectivity index (χ2v) is 5.19. The van der Waals surface area contributed by atoms with E-state index in [0.717, 1.165) is 23.3 Å². The minimum atomic E-state index is -0.442. The molecule has 5 heteroatoms. The molecule has 1 radical (unpaired) electrons. The van der Waals surface area contributed by atoms with Crippen molar-refractivity contribution in [1.29, 1.82) is 0 Å². The number of rotatable bonds is 4. The third-order valence-corrected chi connectivity index (χ3v) is 3.73. The molecular weight excluding hydrogens is 283 g/mol. The number of hydrogen-bond acceptors (Lipinski definition) is 2. The number of benzene rings is 2. The lowest BCUT2D eigenvalue weighted by Gasteiger charge is -2.22. The number of hydrogen-bond donors (Lipinski definition) is 0. The van der Waals surface area contributed by atoms with Gasteiger partial charge in [-0.05, 0) is 29.3 Å². The topological polar surface area (TPSA) is 12.5 Å². The molecule has 1 aliphatic rings. The molecular formula is C17H15BF2NO. The minimum Gasteiger partial charge on any atom is -0.427 e. The van der Waals surface area contributed by atoms with Crippen molar-refractivity contribution in [1.82, 2.24) is 4.81 Å². The zero-order chi connectivity index (χ0) is 15.5. The highest BCUT2D eigenvalue weighted by Crippen LogP contribution is 2.34. The molecule has 0 spiro atoms. The lowest BCUT2D eigenvalue weighted by Crippen LogP contribution is -2.29. The molecule has 0 N–H and O–H groups in total. The van der Waals surface area contributed by atoms with Crippen LogP contribution >= 0.6 is 0 Å². The SMILES string of the molecule is CO[B]N1CC(c2cc(F)ccc2F)=CC1c1ccccc1. The predicted octanol–water partition coefficient (Wildman–Crippen LogP) is 3.59. The molecule has 1 atom stereocenters. The number of halogens is 2. The first-order valence-electron chi connectivity index (χ1n) is 7.02. The van der Waals surface area contributed by atoms with Gasteiger partial charge in [0.05, 0.1) is 0 Å². The fourth-order valence-corrected chi connectivity index (χ4v) is 2.73. The highest BCUT2D eigenvalue weighted by atomic mass is 19.1. The average molecular weight is 298 g/mol. The van der Waals surface area contributed by atoms with Crippen molar-refractivity contribution in [3.05, 3.63) is 77.4 Å². The van der Waals surface area contributed by atoms with Gasteiger partial charge in [0, 0.05) is 25.3 Å². The summed E-state index contributed by atoms with van der Waals surface area (Å²) >= 11 is 0. The van der Waals surface area contributed by atoms with E-state index in [1.807, 2.05) is 41.2 Å². The minimum absolute atomic E-state index is 0.0567. The van der Waals surface area contributed by atoms with Gasteiger partial charge in [0.15, 0.2) is 0 Å². The van der Waals surface area contributed by atoms with Crippen LogP contribution in [-0.2, 0) is 4.65 Å². The van der Waals surface area contributed by atoms with E-state index < -0.39 is 11.6 Å². The fraction of sp³-hybridized carbons (Fsp3) is 0.176. The molecule has 3 rings (SSSR count). The molecule has 0 fully saturated rings. The van der Waals surface area contributed by atoms with Gasteiger partial charge in [0.2, 0.25) is 0 Å². The van der Waals surface area contributed by atoms with Crippen LogP contribution in [0.4, 0.5) is 8.78 Å². The maximum absolute atomic E-state index is 14.0. The van der Waals surface area contributed by atoms with Gasteiger partial charge >= 0.3 is 7.62 Å². The molecule has 2 nitrogen and oxygen atoms in total. The fourth-order valence-electron chi connectivity index (χ4n) is 2.73. The second-order valence-electron chi connectivity index (χ2n) is 5.19. The van der Waals surface area contributed by atoms with Crippen LogP contribution in [0.15, 0.2) is 54.6 Å². The Kier molecular flexibility index (Phi) is 4.36. The first-order valence-corrected chi connectivity index (χ1v) is 7.02. The van der Waals surface area contributed by atoms with Crippen LogP contribution in [-0.4, -0.2) is 26.1 Å². The standard InChI is InChI=1S/C17H15BF2NO/c1-22-18-21-11-13(15-10-14(19)7-8-16(15)20)9-17(21)12-5-3-2-4-6-12/h2-10,17H,11H2,1H3. The normalized spacial score (nSPS) is 18.3. The van der Waals surface area contributed by atoms with Crippen molar-refractivity contribution in [2.24, 2.45) is 0 Å². The first-order chi connectivity index (χ1) is 10.7. The van der Waals surface area contributed by atoms with Gasteiger partial charge < -0.3 is 9.47 Å². The van der Waals surface area contributed by atoms with E-state index in [0.29, 0.717) is 12.1 Å². The van der Waals surface area contributed by atoms with E-state index in [1.54, 1.807) is 14.7 Å². The molecule has 0 saturated carbocycles. The zero-order valence-electron chi connectivity index (χ0n) is 12.2. The van der Waals surface area contributed by atoms with Gasteiger partial charge in [-0.2, -0.15) is 0 Å². The van der Waals surface area contributed by atoms with Crippen molar-refractivity contribution in [2.75, 3.05) is 13.7 Å². The Morgan fingerprint density at radius 2 is 1.91 bits per heavy atom. The molecule has 1 unspecified atom stereocenters. The van der Waals surface area contributed by atoms with Crippen molar-refractivity contribution in [2.45, 2.75) is 6.04 Å². The summed E-state index contributed by atoms with van der Waals surface area (Å²) in [5, 5.41) is 0. The van der Waals surface area contributed by atoms with Crippen molar-refractivity contribution >= 4 is 13.2 Å². The van der Waals surface area contributed by atoms with Gasteiger partial charge in [0.1, 0.15) is 11.6 Å². The van der Waals surface area contributed by atoms with Gasteiger partial charge in [-0.25, -0.2) is 8.78 Å². The molecule has 2 aromatic rings. The summed E-state index contributed by atoms with van der Waals surface area (Å²) in [6.45, 7) is 0.466. The van der Waals surface area contributed by atoms with Gasteiger partial charge in [-0.3, -0.25) is 0 Å². The summed E-state index contributed by atoms with van der Waals surface area (Å²) in [6.07, 6.45) is 1.95. The van der Waals surface area contributed by atoms with E-state index in [-0.39, 0.29) is 6.04 Å². The van der Waals surface area contributed by atoms with E-state index >= 15 is 0 Å². The largest absolute Gasteiger partial charge is 0.427 e. The van der Waals surface area contributed by atoms with E-state index in [2.05, 4.69) is 0 Å². The summed E-state index contributed by atoms with van der Waals surface area (Å²) in [4.78, 5) is 1.95. The Morgan fingerprint density at radius 1 is 1.14 bits per heavy atom. The monoisotopic (exact) mass is 298 g/mol. The molecule has 1 aliphatic heterocycles. The van der Waals surface area contributed by atoms with E-state index in [1.165, 1.54) is 6.07 Å². The van der Waals surface area contributed by atoms with Crippen molar-refractivity contribution < 1.29 is 13.4 Å². The van der Waals surface area contributed by atoms with Crippen molar-refractivity contribution in [3.63, 3.8) is 0 Å². The average Bonchev–Trinajstić information content (AvgIpc) is 2.95. The van der Waals surface area contributed by atoms with Crippen LogP contribution in [0.1, 0.15) is 17.2 Å². The summed E-state index contributed by atoms with van der Waals surface area (Å²) in [5.74, 6) is -0.860. The summed E-state index contributed by atoms with van der Waals surface area (Å²) in [7, 11) is 3.18. The smallest absolute Gasteiger partial charge is 0.399 e. The van der Waals surface area contributed by atoms with Gasteiger partial charge in [0.25, 0.3) is 0 Å². The molecule has 0 aliphatic carbocycles. The lowest BCUT2D eigenvalue weighted by atomic mass is 10.0. The summed E-state index contributed by atoms with van der Waals surface area (Å²) in [6, 6.07) is 13.3. The van der Waals surface area contributed by atoms with Crippen LogP contribution in [0, 0.1) is 11.6 Å². The molecule has 0 amide bonds. The molecule has 0 bridgehead atoms. The highest BCUT2D eigenvalue weighted by molar-refractivity contribution is 6.24.